The van der Waals surface area contributed by atoms with Gasteiger partial charge in [0, 0.05) is 30.5 Å². The molecule has 0 amide bonds. The quantitative estimate of drug-likeness (QED) is 0.269. The lowest BCUT2D eigenvalue weighted by Crippen LogP contribution is -2.16. The number of nitrogens with zero attached hydrogens (tertiary/aromatic N) is 5. The van der Waals surface area contributed by atoms with E-state index in [0.717, 1.165) is 5.56 Å². The summed E-state index contributed by atoms with van der Waals surface area (Å²) in [5, 5.41) is 3.94. The van der Waals surface area contributed by atoms with Gasteiger partial charge in [-0.15, -0.1) is 0 Å². The van der Waals surface area contributed by atoms with Crippen LogP contribution in [0.5, 0.6) is 0 Å². The molecule has 0 aliphatic carbocycles. The highest BCUT2D eigenvalue weighted by atomic mass is 16.1. The predicted octanol–water partition coefficient (Wildman–Crippen LogP) is 1.99. The number of benzene rings is 1. The fourth-order valence-corrected chi connectivity index (χ4v) is 1.60. The van der Waals surface area contributed by atoms with Gasteiger partial charge in [-0.3, -0.25) is 4.79 Å². The molecule has 0 saturated carbocycles. The fourth-order valence-electron chi connectivity index (χ4n) is 1.60. The average molecular weight is 253 g/mol. The maximum atomic E-state index is 11.9. The minimum Gasteiger partial charge on any atom is -0.302 e. The van der Waals surface area contributed by atoms with Crippen LogP contribution in [0.15, 0.2) is 34.4 Å². The first-order valence-electron chi connectivity index (χ1n) is 5.67. The minimum absolute atomic E-state index is 0.0947. The third-order valence-corrected chi connectivity index (χ3v) is 2.55. The van der Waals surface area contributed by atoms with E-state index in [1.807, 2.05) is 6.07 Å². The number of azide groups is 1. The minimum atomic E-state index is -0.0947. The Labute approximate surface area is 109 Å². The van der Waals surface area contributed by atoms with Crippen molar-refractivity contribution in [3.8, 4) is 11.8 Å². The second kappa shape index (κ2) is 5.71. The van der Waals surface area contributed by atoms with Crippen LogP contribution in [0.4, 0.5) is 0 Å². The van der Waals surface area contributed by atoms with Gasteiger partial charge in [0.1, 0.15) is 0 Å². The average Bonchev–Trinajstić information content (AvgIpc) is 2.43. The molecule has 0 atom stereocenters. The lowest BCUT2D eigenvalue weighted by Gasteiger charge is -2.00. The maximum absolute atomic E-state index is 11.9. The van der Waals surface area contributed by atoms with Crippen molar-refractivity contribution >= 4 is 10.9 Å². The van der Waals surface area contributed by atoms with Crippen LogP contribution in [-0.2, 0) is 7.05 Å². The van der Waals surface area contributed by atoms with E-state index in [2.05, 4.69) is 26.9 Å². The number of fused-ring (bicyclic) bond motifs is 1. The van der Waals surface area contributed by atoms with Crippen LogP contribution in [0.1, 0.15) is 12.0 Å². The smallest absolute Gasteiger partial charge is 0.260 e. The van der Waals surface area contributed by atoms with E-state index in [1.54, 1.807) is 19.2 Å². The molecule has 2 rings (SSSR count). The molecule has 6 nitrogen and oxygen atoms in total. The third-order valence-electron chi connectivity index (χ3n) is 2.55. The van der Waals surface area contributed by atoms with Crippen molar-refractivity contribution < 1.29 is 0 Å². The Morgan fingerprint density at radius 2 is 2.37 bits per heavy atom. The molecule has 1 heterocycles. The molecule has 0 unspecified atom stereocenters. The second-order valence-corrected chi connectivity index (χ2v) is 3.90. The van der Waals surface area contributed by atoms with Crippen molar-refractivity contribution in [1.82, 2.24) is 9.55 Å². The third kappa shape index (κ3) is 2.92. The standard InChI is InChI=1S/C13H11N5O/c1-18-9-15-12-6-5-10(8-11(12)13(18)19)4-2-3-7-16-17-14/h5-6,8-9H,3,7H2,1H3. The lowest BCUT2D eigenvalue weighted by molar-refractivity contribution is 0.843. The molecule has 94 valence electrons. The Hall–Kier alpha value is -2.77. The van der Waals surface area contributed by atoms with E-state index in [9.17, 15) is 4.79 Å². The largest absolute Gasteiger partial charge is 0.302 e. The number of aromatic nitrogens is 2. The summed E-state index contributed by atoms with van der Waals surface area (Å²) in [6.45, 7) is 0.348. The summed E-state index contributed by atoms with van der Waals surface area (Å²) in [4.78, 5) is 18.7. The van der Waals surface area contributed by atoms with Crippen LogP contribution in [0, 0.1) is 11.8 Å². The summed E-state index contributed by atoms with van der Waals surface area (Å²) in [6.07, 6.45) is 1.99. The van der Waals surface area contributed by atoms with E-state index in [1.165, 1.54) is 10.9 Å². The zero-order chi connectivity index (χ0) is 13.7. The van der Waals surface area contributed by atoms with E-state index in [4.69, 9.17) is 5.53 Å². The lowest BCUT2D eigenvalue weighted by atomic mass is 10.1. The molecule has 0 saturated heterocycles. The first-order chi connectivity index (χ1) is 9.22. The van der Waals surface area contributed by atoms with Crippen LogP contribution in [0.25, 0.3) is 21.3 Å². The summed E-state index contributed by atoms with van der Waals surface area (Å²) < 4.78 is 1.43. The Morgan fingerprint density at radius 3 is 3.16 bits per heavy atom. The van der Waals surface area contributed by atoms with Gasteiger partial charge in [0.05, 0.1) is 17.2 Å². The summed E-state index contributed by atoms with van der Waals surface area (Å²) >= 11 is 0. The van der Waals surface area contributed by atoms with Crippen LogP contribution in [-0.4, -0.2) is 16.1 Å². The highest BCUT2D eigenvalue weighted by molar-refractivity contribution is 5.78. The van der Waals surface area contributed by atoms with Crippen molar-refractivity contribution in [2.45, 2.75) is 6.42 Å². The first kappa shape index (κ1) is 12.7. The molecular weight excluding hydrogens is 242 g/mol. The molecule has 1 aromatic carbocycles. The molecule has 1 aromatic heterocycles. The number of hydrogen-bond donors (Lipinski definition) is 0. The van der Waals surface area contributed by atoms with E-state index < -0.39 is 0 Å². The van der Waals surface area contributed by atoms with Crippen molar-refractivity contribution in [3.63, 3.8) is 0 Å². The molecular formula is C13H11N5O. The van der Waals surface area contributed by atoms with Gasteiger partial charge in [-0.1, -0.05) is 17.0 Å². The summed E-state index contributed by atoms with van der Waals surface area (Å²) in [6, 6.07) is 5.31. The van der Waals surface area contributed by atoms with Crippen molar-refractivity contribution in [2.24, 2.45) is 12.2 Å². The van der Waals surface area contributed by atoms with Gasteiger partial charge in [0.25, 0.3) is 5.56 Å². The van der Waals surface area contributed by atoms with Gasteiger partial charge in [0.15, 0.2) is 0 Å². The van der Waals surface area contributed by atoms with Crippen LogP contribution in [0.2, 0.25) is 0 Å². The van der Waals surface area contributed by atoms with Crippen LogP contribution < -0.4 is 5.56 Å². The highest BCUT2D eigenvalue weighted by Crippen LogP contribution is 2.08. The van der Waals surface area contributed by atoms with Gasteiger partial charge in [-0.2, -0.15) is 0 Å². The monoisotopic (exact) mass is 253 g/mol. The number of rotatable bonds is 2. The van der Waals surface area contributed by atoms with Crippen molar-refractivity contribution in [1.29, 1.82) is 0 Å². The summed E-state index contributed by atoms with van der Waals surface area (Å²) in [5.41, 5.74) is 9.43. The zero-order valence-electron chi connectivity index (χ0n) is 10.4. The van der Waals surface area contributed by atoms with E-state index in [0.29, 0.717) is 23.9 Å². The van der Waals surface area contributed by atoms with Crippen LogP contribution >= 0.6 is 0 Å². The normalized spacial score (nSPS) is 9.53. The number of aryl methyl sites for hydroxylation is 1. The van der Waals surface area contributed by atoms with E-state index in [-0.39, 0.29) is 5.56 Å². The Kier molecular flexibility index (Phi) is 3.81. The molecule has 0 aliphatic heterocycles. The summed E-state index contributed by atoms with van der Waals surface area (Å²) in [7, 11) is 1.66. The van der Waals surface area contributed by atoms with E-state index >= 15 is 0 Å². The molecule has 0 N–H and O–H groups in total. The zero-order valence-corrected chi connectivity index (χ0v) is 10.4. The number of hydrogen-bond acceptors (Lipinski definition) is 3. The van der Waals surface area contributed by atoms with Gasteiger partial charge >= 0.3 is 0 Å². The SMILES string of the molecule is Cn1cnc2ccc(C#CCCN=[N+]=[N-])cc2c1=O. The molecule has 0 aliphatic rings. The van der Waals surface area contributed by atoms with Crippen molar-refractivity contribution in [2.75, 3.05) is 6.54 Å². The van der Waals surface area contributed by atoms with Gasteiger partial charge in [-0.05, 0) is 23.7 Å². The highest BCUT2D eigenvalue weighted by Gasteiger charge is 2.01. The molecule has 0 fully saturated rings. The van der Waals surface area contributed by atoms with Gasteiger partial charge < -0.3 is 4.57 Å². The van der Waals surface area contributed by atoms with Crippen molar-refractivity contribution in [3.05, 3.63) is 50.9 Å². The Bertz CT molecular complexity index is 775. The molecule has 0 bridgehead atoms. The Balaban J connectivity index is 2.33. The summed E-state index contributed by atoms with van der Waals surface area (Å²) in [5.74, 6) is 5.82. The molecule has 19 heavy (non-hydrogen) atoms. The predicted molar refractivity (Wildman–Crippen MR) is 72.5 cm³/mol. The maximum Gasteiger partial charge on any atom is 0.260 e. The molecule has 0 radical (unpaired) electrons. The molecule has 2 aromatic rings. The van der Waals surface area contributed by atoms with Gasteiger partial charge in [-0.25, -0.2) is 4.98 Å². The molecule has 6 heteroatoms. The Morgan fingerprint density at radius 1 is 1.53 bits per heavy atom. The fraction of sp³-hybridized carbons (Fsp3) is 0.231. The second-order valence-electron chi connectivity index (χ2n) is 3.90. The van der Waals surface area contributed by atoms with Gasteiger partial charge in [0.2, 0.25) is 0 Å². The topological polar surface area (TPSA) is 83.7 Å². The first-order valence-corrected chi connectivity index (χ1v) is 5.67. The van der Waals surface area contributed by atoms with Crippen LogP contribution in [0.3, 0.4) is 0 Å². The molecule has 0 spiro atoms.